The summed E-state index contributed by atoms with van der Waals surface area (Å²) in [4.78, 5) is 0. The summed E-state index contributed by atoms with van der Waals surface area (Å²) in [5.41, 5.74) is 2.33. The predicted molar refractivity (Wildman–Crippen MR) is 50.1 cm³/mol. The molecule has 0 unspecified atom stereocenters. The summed E-state index contributed by atoms with van der Waals surface area (Å²) in [7, 11) is 0. The molecule has 0 N–H and O–H groups in total. The van der Waals surface area contributed by atoms with Crippen molar-refractivity contribution in [1.29, 1.82) is 0 Å². The van der Waals surface area contributed by atoms with Crippen LogP contribution in [0.1, 0.15) is 38.1 Å². The number of aryl methyl sites for hydroxylation is 3. The molecule has 0 aliphatic carbocycles. The van der Waals surface area contributed by atoms with Crippen LogP contribution in [-0.4, -0.2) is 9.78 Å². The summed E-state index contributed by atoms with van der Waals surface area (Å²) in [5, 5.41) is 4.31. The fourth-order valence-electron chi connectivity index (χ4n) is 1.47. The molecule has 0 aromatic carbocycles. The smallest absolute Gasteiger partial charge is 0.426 e. The third-order valence-electron chi connectivity index (χ3n) is 1.94. The van der Waals surface area contributed by atoms with Crippen LogP contribution < -0.4 is 58.2 Å². The van der Waals surface area contributed by atoms with Crippen molar-refractivity contribution in [3.05, 3.63) is 17.5 Å². The van der Waals surface area contributed by atoms with E-state index in [1.165, 1.54) is 25.0 Å². The maximum Gasteiger partial charge on any atom is 1.00 e. The normalized spacial score (nSPS) is 13.5. The molecule has 2 nitrogen and oxygen atoms in total. The molecule has 1 aromatic rings. The van der Waals surface area contributed by atoms with E-state index in [2.05, 4.69) is 15.8 Å². The van der Waals surface area contributed by atoms with Crippen LogP contribution in [0.2, 0.25) is 0 Å². The van der Waals surface area contributed by atoms with Gasteiger partial charge in [0.05, 0.1) is 0 Å². The van der Waals surface area contributed by atoms with Crippen LogP contribution >= 0.6 is 0 Å². The van der Waals surface area contributed by atoms with Crippen molar-refractivity contribution in [2.45, 2.75) is 46.6 Å². The van der Waals surface area contributed by atoms with Crippen LogP contribution in [0.4, 0.5) is 0 Å². The van der Waals surface area contributed by atoms with E-state index in [1.807, 2.05) is 20.8 Å². The topological polar surface area (TPSA) is 17.8 Å². The maximum absolute atomic E-state index is 4.31. The van der Waals surface area contributed by atoms with Gasteiger partial charge in [0.2, 0.25) is 0 Å². The van der Waals surface area contributed by atoms with Crippen molar-refractivity contribution in [3.63, 3.8) is 0 Å². The van der Waals surface area contributed by atoms with Crippen LogP contribution in [0.25, 0.3) is 0 Å². The Morgan fingerprint density at radius 1 is 1.31 bits per heavy atom. The van der Waals surface area contributed by atoms with Crippen LogP contribution in [-0.2, 0) is 13.0 Å². The van der Waals surface area contributed by atoms with Crippen molar-refractivity contribution < 1.29 is 58.2 Å². The minimum absolute atomic E-state index is 0. The van der Waals surface area contributed by atoms with Gasteiger partial charge >= 0.3 is 58.2 Å². The zero-order chi connectivity index (χ0) is 8.97. The largest absolute Gasteiger partial charge is 1.00 e. The van der Waals surface area contributed by atoms with Gasteiger partial charge in [0.1, 0.15) is 0 Å². The molecule has 68 valence electrons. The minimum atomic E-state index is 0. The van der Waals surface area contributed by atoms with E-state index >= 15 is 0 Å². The quantitative estimate of drug-likeness (QED) is 0.560. The van der Waals surface area contributed by atoms with Crippen molar-refractivity contribution in [2.24, 2.45) is 0 Å². The predicted octanol–water partition coefficient (Wildman–Crippen LogP) is -0.642. The Morgan fingerprint density at radius 3 is 2.62 bits per heavy atom. The molecule has 2 rings (SSSR count). The van der Waals surface area contributed by atoms with Crippen molar-refractivity contribution in [3.8, 4) is 0 Å². The number of fused-ring (bicyclic) bond motifs is 1. The monoisotopic (exact) mass is 250 g/mol. The van der Waals surface area contributed by atoms with E-state index in [4.69, 9.17) is 0 Å². The number of nitrogens with zero attached hydrogens (tertiary/aromatic N) is 2. The first-order valence-electron chi connectivity index (χ1n) is 4.82. The molecule has 0 saturated carbocycles. The molecular weight excluding hydrogens is 234 g/mol. The summed E-state index contributed by atoms with van der Waals surface area (Å²) < 4.78 is 2.08. The molecule has 13 heavy (non-hydrogen) atoms. The van der Waals surface area contributed by atoms with Gasteiger partial charge in [-0.3, -0.25) is 0 Å². The Bertz CT molecular complexity index is 220. The van der Waals surface area contributed by atoms with E-state index in [0.717, 1.165) is 12.2 Å². The summed E-state index contributed by atoms with van der Waals surface area (Å²) in [6.07, 6.45) is 3.75. The molecule has 0 radical (unpaired) electrons. The first kappa shape index (κ1) is 14.0. The van der Waals surface area contributed by atoms with Crippen molar-refractivity contribution >= 4 is 0 Å². The van der Waals surface area contributed by atoms with Crippen molar-refractivity contribution in [2.75, 3.05) is 0 Å². The second kappa shape index (κ2) is 7.33. The van der Waals surface area contributed by atoms with Gasteiger partial charge in [-0.15, -0.1) is 11.4 Å². The number of hydrogen-bond acceptors (Lipinski definition) is 1. The van der Waals surface area contributed by atoms with E-state index in [-0.39, 0.29) is 58.2 Å². The van der Waals surface area contributed by atoms with Crippen LogP contribution in [0, 0.1) is 13.0 Å². The van der Waals surface area contributed by atoms with Gasteiger partial charge in [-0.05, 0) is 19.3 Å². The Hall–Kier alpha value is 1.02. The molecule has 2 heterocycles. The average molecular weight is 251 g/mol. The molecule has 0 fully saturated rings. The molecular formula is C10H17N2Rb. The maximum atomic E-state index is 4.31. The van der Waals surface area contributed by atoms with E-state index in [9.17, 15) is 0 Å². The molecule has 1 aromatic heterocycles. The van der Waals surface area contributed by atoms with E-state index in [1.54, 1.807) is 0 Å². The fraction of sp³-hybridized carbons (Fsp3) is 0.700. The molecule has 3 heteroatoms. The second-order valence-electron chi connectivity index (χ2n) is 2.84. The van der Waals surface area contributed by atoms with Crippen molar-refractivity contribution in [1.82, 2.24) is 9.78 Å². The SMILES string of the molecule is CC.Cc1[c-]c2n(n1)CCCC2.[Rb+]. The summed E-state index contributed by atoms with van der Waals surface area (Å²) >= 11 is 0. The fourth-order valence-corrected chi connectivity index (χ4v) is 1.47. The van der Waals surface area contributed by atoms with Gasteiger partial charge in [0.25, 0.3) is 0 Å². The Balaban J connectivity index is 0.000000451. The number of aromatic nitrogens is 2. The second-order valence-corrected chi connectivity index (χ2v) is 2.84. The summed E-state index contributed by atoms with van der Waals surface area (Å²) in [6.45, 7) is 7.10. The van der Waals surface area contributed by atoms with E-state index < -0.39 is 0 Å². The average Bonchev–Trinajstić information content (AvgIpc) is 2.48. The van der Waals surface area contributed by atoms with Gasteiger partial charge in [-0.1, -0.05) is 20.8 Å². The zero-order valence-corrected chi connectivity index (χ0v) is 14.1. The molecule has 0 saturated heterocycles. The van der Waals surface area contributed by atoms with Gasteiger partial charge < -0.3 is 10.7 Å². The third-order valence-corrected chi connectivity index (χ3v) is 1.94. The standard InChI is InChI=1S/C8H11N2.C2H6.Rb/c1-7-6-8-4-2-3-5-10(8)9-7;1-2;/h2-5H2,1H3;1-2H3;/q-1;;+1. The van der Waals surface area contributed by atoms with Crippen LogP contribution in [0.15, 0.2) is 0 Å². The molecule has 1 aliphatic heterocycles. The van der Waals surface area contributed by atoms with Crippen LogP contribution in [0.3, 0.4) is 0 Å². The minimum Gasteiger partial charge on any atom is -0.426 e. The first-order chi connectivity index (χ1) is 5.86. The Kier molecular flexibility index (Phi) is 7.90. The first-order valence-corrected chi connectivity index (χ1v) is 4.82. The summed E-state index contributed by atoms with van der Waals surface area (Å²) in [5.74, 6) is 0. The Labute approximate surface area is 130 Å². The van der Waals surface area contributed by atoms with Gasteiger partial charge in [0.15, 0.2) is 0 Å². The van der Waals surface area contributed by atoms with E-state index in [0.29, 0.717) is 0 Å². The third kappa shape index (κ3) is 3.94. The van der Waals surface area contributed by atoms with Crippen LogP contribution in [0.5, 0.6) is 0 Å². The zero-order valence-electron chi connectivity index (χ0n) is 9.22. The summed E-state index contributed by atoms with van der Waals surface area (Å²) in [6, 6.07) is 3.25. The molecule has 0 atom stereocenters. The molecule has 0 amide bonds. The van der Waals surface area contributed by atoms with Gasteiger partial charge in [-0.2, -0.15) is 0 Å². The van der Waals surface area contributed by atoms with Gasteiger partial charge in [-0.25, -0.2) is 5.10 Å². The molecule has 0 spiro atoms. The molecule has 0 bridgehead atoms. The number of hydrogen-bond donors (Lipinski definition) is 0. The number of rotatable bonds is 0. The molecule has 1 aliphatic rings. The Morgan fingerprint density at radius 2 is 2.00 bits per heavy atom. The van der Waals surface area contributed by atoms with Gasteiger partial charge in [0, 0.05) is 6.54 Å².